The van der Waals surface area contributed by atoms with Gasteiger partial charge in [-0.15, -0.1) is 0 Å². The van der Waals surface area contributed by atoms with Gasteiger partial charge in [-0.05, 0) is 35.3 Å². The maximum absolute atomic E-state index is 5.05. The number of halogens is 1. The minimum Gasteiger partial charge on any atom is -0.472 e. The van der Waals surface area contributed by atoms with Gasteiger partial charge < -0.3 is 9.73 Å². The molecule has 2 aromatic rings. The molecule has 0 aromatic carbocycles. The number of rotatable bonds is 4. The van der Waals surface area contributed by atoms with Crippen LogP contribution in [0.4, 0.5) is 5.82 Å². The predicted octanol–water partition coefficient (Wildman–Crippen LogP) is 3.63. The Morgan fingerprint density at radius 1 is 1.41 bits per heavy atom. The molecule has 2 rings (SSSR count). The van der Waals surface area contributed by atoms with E-state index in [-0.39, 0.29) is 0 Å². The fourth-order valence-electron chi connectivity index (χ4n) is 1.44. The van der Waals surface area contributed by atoms with E-state index in [1.165, 1.54) is 0 Å². The van der Waals surface area contributed by atoms with E-state index >= 15 is 0 Å². The molecule has 0 bridgehead atoms. The molecule has 0 amide bonds. The Morgan fingerprint density at radius 3 is 2.88 bits per heavy atom. The number of hydrogen-bond donors (Lipinski definition) is 1. The molecule has 90 valence electrons. The first-order valence-electron chi connectivity index (χ1n) is 5.53. The van der Waals surface area contributed by atoms with Crippen molar-refractivity contribution in [3.8, 4) is 11.4 Å². The summed E-state index contributed by atoms with van der Waals surface area (Å²) >= 11 is 3.50. The van der Waals surface area contributed by atoms with Crippen molar-refractivity contribution < 1.29 is 4.42 Å². The van der Waals surface area contributed by atoms with Crippen molar-refractivity contribution in [1.82, 2.24) is 9.97 Å². The molecule has 4 nitrogen and oxygen atoms in total. The first-order chi connectivity index (χ1) is 8.22. The van der Waals surface area contributed by atoms with Crippen LogP contribution in [0, 0.1) is 6.92 Å². The van der Waals surface area contributed by atoms with Crippen molar-refractivity contribution in [2.45, 2.75) is 20.3 Å². The maximum Gasteiger partial charge on any atom is 0.165 e. The van der Waals surface area contributed by atoms with Gasteiger partial charge in [-0.3, -0.25) is 0 Å². The van der Waals surface area contributed by atoms with Crippen LogP contribution in [-0.4, -0.2) is 16.5 Å². The molecule has 0 radical (unpaired) electrons. The van der Waals surface area contributed by atoms with Crippen LogP contribution in [-0.2, 0) is 0 Å². The summed E-state index contributed by atoms with van der Waals surface area (Å²) in [7, 11) is 0. The molecule has 0 spiro atoms. The second-order valence-corrected chi connectivity index (χ2v) is 4.53. The molecule has 0 fully saturated rings. The van der Waals surface area contributed by atoms with Gasteiger partial charge in [0.1, 0.15) is 12.1 Å². The van der Waals surface area contributed by atoms with Crippen LogP contribution in [0.2, 0.25) is 0 Å². The van der Waals surface area contributed by atoms with Crippen LogP contribution in [0.5, 0.6) is 0 Å². The molecule has 0 aliphatic rings. The third-order valence-corrected chi connectivity index (χ3v) is 3.29. The van der Waals surface area contributed by atoms with E-state index in [0.29, 0.717) is 5.82 Å². The van der Waals surface area contributed by atoms with E-state index in [9.17, 15) is 0 Å². The first kappa shape index (κ1) is 12.1. The molecule has 2 aromatic heterocycles. The number of aryl methyl sites for hydroxylation is 1. The van der Waals surface area contributed by atoms with E-state index in [2.05, 4.69) is 38.1 Å². The van der Waals surface area contributed by atoms with Gasteiger partial charge in [0.2, 0.25) is 0 Å². The van der Waals surface area contributed by atoms with E-state index in [4.69, 9.17) is 4.42 Å². The van der Waals surface area contributed by atoms with Gasteiger partial charge in [-0.2, -0.15) is 0 Å². The smallest absolute Gasteiger partial charge is 0.165 e. The Balaban J connectivity index is 2.39. The van der Waals surface area contributed by atoms with Gasteiger partial charge in [0.05, 0.1) is 22.0 Å². The average molecular weight is 296 g/mol. The van der Waals surface area contributed by atoms with Crippen LogP contribution < -0.4 is 5.32 Å². The molecule has 17 heavy (non-hydrogen) atoms. The summed E-state index contributed by atoms with van der Waals surface area (Å²) in [5, 5.41) is 3.28. The van der Waals surface area contributed by atoms with Crippen LogP contribution in [0.15, 0.2) is 27.5 Å². The second kappa shape index (κ2) is 5.31. The van der Waals surface area contributed by atoms with E-state index < -0.39 is 0 Å². The highest BCUT2D eigenvalue weighted by atomic mass is 79.9. The van der Waals surface area contributed by atoms with Crippen molar-refractivity contribution >= 4 is 21.7 Å². The lowest BCUT2D eigenvalue weighted by molar-refractivity contribution is 0.568. The molecule has 0 atom stereocenters. The van der Waals surface area contributed by atoms with Crippen molar-refractivity contribution in [3.63, 3.8) is 0 Å². The first-order valence-corrected chi connectivity index (χ1v) is 6.32. The van der Waals surface area contributed by atoms with Crippen molar-refractivity contribution in [1.29, 1.82) is 0 Å². The molecule has 1 N–H and O–H groups in total. The Morgan fingerprint density at radius 2 is 2.24 bits per heavy atom. The largest absolute Gasteiger partial charge is 0.472 e. The molecule has 0 aliphatic heterocycles. The zero-order valence-corrected chi connectivity index (χ0v) is 11.4. The molecule has 0 unspecified atom stereocenters. The van der Waals surface area contributed by atoms with Crippen molar-refractivity contribution in [3.05, 3.63) is 28.8 Å². The minimum atomic E-state index is 0.679. The summed E-state index contributed by atoms with van der Waals surface area (Å²) in [6, 6.07) is 1.85. The van der Waals surface area contributed by atoms with Gasteiger partial charge in [0.15, 0.2) is 5.82 Å². The lowest BCUT2D eigenvalue weighted by Gasteiger charge is -2.09. The zero-order chi connectivity index (χ0) is 12.3. The van der Waals surface area contributed by atoms with E-state index in [1.54, 1.807) is 12.5 Å². The van der Waals surface area contributed by atoms with Crippen molar-refractivity contribution in [2.75, 3.05) is 11.9 Å². The molecule has 2 heterocycles. The summed E-state index contributed by atoms with van der Waals surface area (Å²) in [5.41, 5.74) is 1.80. The highest BCUT2D eigenvalue weighted by molar-refractivity contribution is 9.10. The van der Waals surface area contributed by atoms with Gasteiger partial charge >= 0.3 is 0 Å². The molecule has 5 heteroatoms. The van der Waals surface area contributed by atoms with E-state index in [1.807, 2.05) is 13.0 Å². The van der Waals surface area contributed by atoms with E-state index in [0.717, 1.165) is 34.5 Å². The Labute approximate surface area is 109 Å². The summed E-state index contributed by atoms with van der Waals surface area (Å²) in [5.74, 6) is 1.51. The number of furan rings is 1. The zero-order valence-electron chi connectivity index (χ0n) is 9.83. The fourth-order valence-corrected chi connectivity index (χ4v) is 1.76. The second-order valence-electron chi connectivity index (χ2n) is 3.73. The topological polar surface area (TPSA) is 51.0 Å². The van der Waals surface area contributed by atoms with Crippen LogP contribution in [0.3, 0.4) is 0 Å². The summed E-state index contributed by atoms with van der Waals surface area (Å²) in [6.07, 6.45) is 4.32. The van der Waals surface area contributed by atoms with Gasteiger partial charge in [0.25, 0.3) is 0 Å². The molecule has 0 saturated carbocycles. The summed E-state index contributed by atoms with van der Waals surface area (Å²) < 4.78 is 5.96. The van der Waals surface area contributed by atoms with Crippen LogP contribution in [0.25, 0.3) is 11.4 Å². The Bertz CT molecular complexity index is 497. The normalized spacial score (nSPS) is 10.5. The van der Waals surface area contributed by atoms with Gasteiger partial charge in [0, 0.05) is 6.54 Å². The van der Waals surface area contributed by atoms with Crippen molar-refractivity contribution in [2.24, 2.45) is 0 Å². The third kappa shape index (κ3) is 2.66. The minimum absolute atomic E-state index is 0.679. The lowest BCUT2D eigenvalue weighted by atomic mass is 10.3. The van der Waals surface area contributed by atoms with Crippen LogP contribution in [0.1, 0.15) is 19.0 Å². The number of anilines is 1. The fraction of sp³-hybridized carbons (Fsp3) is 0.333. The SMILES string of the molecule is CCCNc1nc(-c2ccoc2)nc(C)c1Br. The number of nitrogens with one attached hydrogen (secondary N) is 1. The average Bonchev–Trinajstić information content (AvgIpc) is 2.84. The number of nitrogens with zero attached hydrogens (tertiary/aromatic N) is 2. The highest BCUT2D eigenvalue weighted by Crippen LogP contribution is 2.26. The standard InChI is InChI=1S/C12H14BrN3O/c1-3-5-14-12-10(13)8(2)15-11(16-12)9-4-6-17-7-9/h4,6-7H,3,5H2,1-2H3,(H,14,15,16). The number of hydrogen-bond acceptors (Lipinski definition) is 4. The molecule has 0 aliphatic carbocycles. The summed E-state index contributed by atoms with van der Waals surface area (Å²) in [6.45, 7) is 4.96. The number of aromatic nitrogens is 2. The molecular weight excluding hydrogens is 282 g/mol. The lowest BCUT2D eigenvalue weighted by Crippen LogP contribution is -2.05. The summed E-state index contributed by atoms with van der Waals surface area (Å²) in [4.78, 5) is 8.91. The molecular formula is C12H14BrN3O. The Hall–Kier alpha value is -1.36. The highest BCUT2D eigenvalue weighted by Gasteiger charge is 2.10. The predicted molar refractivity (Wildman–Crippen MR) is 71.0 cm³/mol. The third-order valence-electron chi connectivity index (χ3n) is 2.34. The molecule has 0 saturated heterocycles. The van der Waals surface area contributed by atoms with Gasteiger partial charge in [-0.25, -0.2) is 9.97 Å². The van der Waals surface area contributed by atoms with Crippen LogP contribution >= 0.6 is 15.9 Å². The monoisotopic (exact) mass is 295 g/mol. The maximum atomic E-state index is 5.05. The van der Waals surface area contributed by atoms with Gasteiger partial charge in [-0.1, -0.05) is 6.92 Å². The Kier molecular flexibility index (Phi) is 3.78. The quantitative estimate of drug-likeness (QED) is 0.936.